The lowest BCUT2D eigenvalue weighted by Gasteiger charge is -2.45. The van der Waals surface area contributed by atoms with Gasteiger partial charge in [-0.2, -0.15) is 13.2 Å². The molecule has 13 atom stereocenters. The standard InChI is InChI=1S/C73H118ClF3N12O12/c1-15-45(6)60-69(99)82(10)46(7)64(94)89-37-33-54(89)67(97)84(12)56(40-48-27-25-44(5)26-28-48)68(98)87(16-2)42-58(90)78-52(32-30-47-29-31-50(51(74)39-47)73(75,76)77)65(95)88-36-21-24-53(88)63(93)80-72(34-19-20-35-72)71(101)86(14)61(49-22-17-18-23-49)70(100)85(13)57(66(96)81(8)9)41-59(91)83(11)55(38-43(3)4)62(92)79-60/h43-57,60-61H,15-42H2,1-14H3,(H,78,90)(H,79,92)(H,80,93)/t44?,45-,46-,47?,48?,50?,51?,52-,53-,54-,55-,56-,57-,60-,61-/m0/s1. The van der Waals surface area contributed by atoms with E-state index < -0.39 is 173 Å². The van der Waals surface area contributed by atoms with E-state index in [0.29, 0.717) is 44.4 Å². The summed E-state index contributed by atoms with van der Waals surface area (Å²) in [6.45, 7) is 12.4. The Kier molecular flexibility index (Phi) is 28.8. The van der Waals surface area contributed by atoms with Crippen molar-refractivity contribution >= 4 is 82.5 Å². The van der Waals surface area contributed by atoms with Crippen LogP contribution in [0.2, 0.25) is 0 Å². The Hall–Kier alpha value is -6.28. The first-order valence-corrected chi connectivity index (χ1v) is 38.0. The molecule has 1 spiro atoms. The maximum absolute atomic E-state index is 15.6. The second-order valence-corrected chi connectivity index (χ2v) is 32.0. The van der Waals surface area contributed by atoms with Crippen LogP contribution in [0.1, 0.15) is 203 Å². The number of likely N-dealkylation sites (N-methyl/N-ethyl adjacent to an activating group) is 7. The minimum Gasteiger partial charge on any atom is -0.347 e. The predicted molar refractivity (Wildman–Crippen MR) is 374 cm³/mol. The normalized spacial score (nSPS) is 32.0. The number of hydrogen-bond donors (Lipinski definition) is 3. The molecule has 101 heavy (non-hydrogen) atoms. The highest BCUT2D eigenvalue weighted by Gasteiger charge is 2.53. The van der Waals surface area contributed by atoms with Crippen molar-refractivity contribution < 1.29 is 70.7 Å². The van der Waals surface area contributed by atoms with Crippen LogP contribution in [0.15, 0.2) is 0 Å². The van der Waals surface area contributed by atoms with Gasteiger partial charge in [0.1, 0.15) is 59.9 Å². The minimum absolute atomic E-state index is 0.00224. The predicted octanol–water partition coefficient (Wildman–Crippen LogP) is 6.34. The number of fused-ring (bicyclic) bond motifs is 2. The molecule has 12 amide bonds. The summed E-state index contributed by atoms with van der Waals surface area (Å²) >= 11 is 6.43. The van der Waals surface area contributed by atoms with Gasteiger partial charge in [-0.3, -0.25) is 57.5 Å². The number of alkyl halides is 4. The van der Waals surface area contributed by atoms with E-state index >= 15 is 24.0 Å². The largest absolute Gasteiger partial charge is 0.393 e. The van der Waals surface area contributed by atoms with Gasteiger partial charge < -0.3 is 60.0 Å². The molecule has 0 bridgehead atoms. The summed E-state index contributed by atoms with van der Waals surface area (Å²) in [5.74, 6) is -10.0. The van der Waals surface area contributed by atoms with Crippen LogP contribution in [0.25, 0.3) is 0 Å². The molecule has 0 radical (unpaired) electrons. The molecule has 4 saturated carbocycles. The third-order valence-corrected chi connectivity index (χ3v) is 24.4. The molecule has 3 N–H and O–H groups in total. The van der Waals surface area contributed by atoms with Crippen molar-refractivity contribution in [3.05, 3.63) is 0 Å². The molecule has 3 unspecified atom stereocenters. The van der Waals surface area contributed by atoms with Gasteiger partial charge in [0.05, 0.1) is 18.9 Å². The molecule has 7 aliphatic rings. The fourth-order valence-electron chi connectivity index (χ4n) is 16.8. The molecular formula is C73H118ClF3N12O12. The monoisotopic (exact) mass is 1450 g/mol. The number of carbonyl (C=O) groups excluding carboxylic acids is 12. The molecular weight excluding hydrogens is 1330 g/mol. The van der Waals surface area contributed by atoms with E-state index in [1.165, 1.54) is 100 Å². The zero-order valence-electron chi connectivity index (χ0n) is 62.5. The Bertz CT molecular complexity index is 2980. The highest BCUT2D eigenvalue weighted by atomic mass is 35.5. The first-order chi connectivity index (χ1) is 47.5. The van der Waals surface area contributed by atoms with Crippen molar-refractivity contribution in [3.63, 3.8) is 0 Å². The maximum atomic E-state index is 15.6. The van der Waals surface area contributed by atoms with Gasteiger partial charge in [0.15, 0.2) is 0 Å². The van der Waals surface area contributed by atoms with Gasteiger partial charge in [0, 0.05) is 74.3 Å². The third-order valence-electron chi connectivity index (χ3n) is 23.9. The second-order valence-electron chi connectivity index (χ2n) is 31.5. The summed E-state index contributed by atoms with van der Waals surface area (Å²) in [6, 6.07) is -10.8. The average molecular weight is 1450 g/mol. The fourth-order valence-corrected chi connectivity index (χ4v) is 17.4. The fraction of sp³-hybridized carbons (Fsp3) is 0.836. The highest BCUT2D eigenvalue weighted by Crippen LogP contribution is 2.44. The SMILES string of the molecule is CC[C@H](C)[C@@H]1NC(=O)[C@H](CC(C)C)N(C)C(=O)C[C@@H](C(=O)N(C)C)N(C)C(=O)[C@H](C2CCCC2)N(C)C(=O)C2(CCCC2)NC(=O)[C@@H]2CCCN2C(=O)[C@H](CCC2CCC(C(F)(F)F)C(Cl)C2)NC(=O)CN(CC)C(=O)[C@H](CC2CCC(C)CC2)N(C)C(=O)[C@@H]2CCN2C(=O)[C@H](C)N(C)C1=O. The Morgan fingerprint density at radius 1 is 0.634 bits per heavy atom. The smallest absolute Gasteiger partial charge is 0.347 e. The molecule has 3 heterocycles. The molecule has 28 heteroatoms. The van der Waals surface area contributed by atoms with Crippen molar-refractivity contribution in [2.75, 3.05) is 75.5 Å². The third kappa shape index (κ3) is 19.4. The Morgan fingerprint density at radius 3 is 1.82 bits per heavy atom. The number of carbonyl (C=O) groups is 12. The summed E-state index contributed by atoms with van der Waals surface area (Å²) in [4.78, 5) is 192. The van der Waals surface area contributed by atoms with E-state index in [-0.39, 0.29) is 108 Å². The average Bonchev–Trinajstić information content (AvgIpc) is 1.53. The molecule has 24 nitrogen and oxygen atoms in total. The quantitative estimate of drug-likeness (QED) is 0.181. The Balaban J connectivity index is 1.29. The van der Waals surface area contributed by atoms with E-state index in [2.05, 4.69) is 22.9 Å². The number of rotatable bonds is 12. The maximum Gasteiger partial charge on any atom is 0.393 e. The zero-order valence-corrected chi connectivity index (χ0v) is 63.3. The molecule has 0 aromatic carbocycles. The van der Waals surface area contributed by atoms with Gasteiger partial charge in [-0.05, 0) is 139 Å². The summed E-state index contributed by atoms with van der Waals surface area (Å²) in [5.41, 5.74) is -1.55. The molecule has 7 rings (SSSR count). The van der Waals surface area contributed by atoms with Crippen LogP contribution < -0.4 is 16.0 Å². The molecule has 3 saturated heterocycles. The van der Waals surface area contributed by atoms with Crippen LogP contribution in [0.5, 0.6) is 0 Å². The van der Waals surface area contributed by atoms with Gasteiger partial charge in [0.2, 0.25) is 70.9 Å². The van der Waals surface area contributed by atoms with Crippen LogP contribution >= 0.6 is 11.6 Å². The first-order valence-electron chi connectivity index (χ1n) is 37.5. The number of nitrogens with zero attached hydrogens (tertiary/aromatic N) is 9. The van der Waals surface area contributed by atoms with E-state index in [9.17, 15) is 46.7 Å². The topological polar surface area (TPSA) is 270 Å². The van der Waals surface area contributed by atoms with Crippen LogP contribution in [-0.4, -0.2) is 262 Å². The molecule has 0 aromatic rings. The van der Waals surface area contributed by atoms with E-state index in [4.69, 9.17) is 11.6 Å². The first kappa shape index (κ1) is 82.0. The lowest BCUT2D eigenvalue weighted by Crippen LogP contribution is -2.65. The second kappa shape index (κ2) is 35.5. The van der Waals surface area contributed by atoms with Gasteiger partial charge >= 0.3 is 6.18 Å². The lowest BCUT2D eigenvalue weighted by molar-refractivity contribution is -0.182. The summed E-state index contributed by atoms with van der Waals surface area (Å²) in [6.07, 6.45) is 3.91. The number of nitrogens with one attached hydrogen (secondary N) is 3. The number of halogens is 4. The minimum atomic E-state index is -4.51. The van der Waals surface area contributed by atoms with Gasteiger partial charge in [0.25, 0.3) is 0 Å². The molecule has 7 fully saturated rings. The number of amides is 12. The van der Waals surface area contributed by atoms with Crippen LogP contribution in [0.4, 0.5) is 13.2 Å². The van der Waals surface area contributed by atoms with Crippen LogP contribution in [0.3, 0.4) is 0 Å². The van der Waals surface area contributed by atoms with Crippen molar-refractivity contribution in [1.82, 2.24) is 60.0 Å². The Morgan fingerprint density at radius 2 is 1.26 bits per heavy atom. The van der Waals surface area contributed by atoms with Gasteiger partial charge in [-0.25, -0.2) is 0 Å². The van der Waals surface area contributed by atoms with Crippen LogP contribution in [-0.2, 0) is 57.5 Å². The van der Waals surface area contributed by atoms with Crippen molar-refractivity contribution in [2.24, 2.45) is 41.4 Å². The van der Waals surface area contributed by atoms with Crippen molar-refractivity contribution in [3.8, 4) is 0 Å². The highest BCUT2D eigenvalue weighted by molar-refractivity contribution is 6.21. The van der Waals surface area contributed by atoms with Crippen molar-refractivity contribution in [2.45, 2.75) is 274 Å². The van der Waals surface area contributed by atoms with Gasteiger partial charge in [-0.1, -0.05) is 92.4 Å². The summed E-state index contributed by atoms with van der Waals surface area (Å²) in [5, 5.41) is 7.68. The Labute approximate surface area is 601 Å². The molecule has 0 aromatic heterocycles. The molecule has 570 valence electrons. The van der Waals surface area contributed by atoms with Gasteiger partial charge in [-0.15, -0.1) is 11.6 Å². The van der Waals surface area contributed by atoms with E-state index in [1.54, 1.807) is 13.8 Å². The van der Waals surface area contributed by atoms with Crippen LogP contribution in [0, 0.1) is 41.4 Å². The molecule has 3 aliphatic heterocycles. The number of hydrogen-bond acceptors (Lipinski definition) is 12. The van der Waals surface area contributed by atoms with Crippen molar-refractivity contribution in [1.29, 1.82) is 0 Å². The zero-order chi connectivity index (χ0) is 74.9. The summed E-state index contributed by atoms with van der Waals surface area (Å²) in [7, 11) is 10.3. The summed E-state index contributed by atoms with van der Waals surface area (Å²) < 4.78 is 42.2. The lowest BCUT2D eigenvalue weighted by atomic mass is 9.78. The van der Waals surface area contributed by atoms with E-state index in [1.807, 2.05) is 20.8 Å². The van der Waals surface area contributed by atoms with E-state index in [0.717, 1.165) is 38.5 Å². The molecule has 4 aliphatic carbocycles.